The third-order valence-corrected chi connectivity index (χ3v) is 7.46. The highest BCUT2D eigenvalue weighted by Gasteiger charge is 2.25. The summed E-state index contributed by atoms with van der Waals surface area (Å²) >= 11 is 12.6. The number of carboxylic acids is 1. The lowest BCUT2D eigenvalue weighted by Crippen LogP contribution is -2.45. The van der Waals surface area contributed by atoms with Gasteiger partial charge in [-0.1, -0.05) is 23.2 Å². The summed E-state index contributed by atoms with van der Waals surface area (Å²) in [7, 11) is 0. The summed E-state index contributed by atoms with van der Waals surface area (Å²) in [5.74, 6) is -5.31. The van der Waals surface area contributed by atoms with Crippen LogP contribution < -0.4 is 10.2 Å². The molecule has 0 spiro atoms. The van der Waals surface area contributed by atoms with Gasteiger partial charge in [0.15, 0.2) is 0 Å². The van der Waals surface area contributed by atoms with Crippen LogP contribution in [0.3, 0.4) is 0 Å². The monoisotopic (exact) mass is 581 g/mol. The van der Waals surface area contributed by atoms with Crippen molar-refractivity contribution in [3.8, 4) is 0 Å². The van der Waals surface area contributed by atoms with E-state index in [0.717, 1.165) is 27.9 Å². The maximum absolute atomic E-state index is 13.8. The number of piperidine rings is 1. The van der Waals surface area contributed by atoms with Gasteiger partial charge in [-0.2, -0.15) is 0 Å². The number of nitrogens with one attached hydrogen (secondary N) is 1. The van der Waals surface area contributed by atoms with Crippen LogP contribution in [0, 0.1) is 17.5 Å². The average molecular weight is 582 g/mol. The van der Waals surface area contributed by atoms with Crippen molar-refractivity contribution in [3.05, 3.63) is 92.0 Å². The Labute approximate surface area is 229 Å². The zero-order valence-electron chi connectivity index (χ0n) is 19.6. The number of nitrogens with zero attached hydrogens (tertiary/aromatic N) is 2. The molecule has 6 nitrogen and oxygen atoms in total. The molecule has 12 heteroatoms. The standard InChI is InChI=1S/C21H17ClF3N3O.C5H3ClO2S/c22-12-1-2-15-18(9-12)26-6-3-19(15)28-7-4-14(5-8-28)27-21(29)20-16(24)10-13(23)11-17(20)25;6-3-1-2-9-4(3)5(7)8/h1-3,6,9-11,14H,4-5,7-8H2,(H,27,29);1-2H,(H,7,8). The van der Waals surface area contributed by atoms with E-state index < -0.39 is 34.9 Å². The first-order valence-electron chi connectivity index (χ1n) is 11.3. The van der Waals surface area contributed by atoms with Gasteiger partial charge >= 0.3 is 5.97 Å². The molecule has 5 rings (SSSR count). The second-order valence-electron chi connectivity index (χ2n) is 8.37. The van der Waals surface area contributed by atoms with Crippen LogP contribution in [0.25, 0.3) is 10.9 Å². The Kier molecular flexibility index (Phi) is 8.76. The minimum atomic E-state index is -1.21. The van der Waals surface area contributed by atoms with Crippen molar-refractivity contribution >= 4 is 63.0 Å². The molecule has 1 fully saturated rings. The van der Waals surface area contributed by atoms with Gasteiger partial charge in [0.2, 0.25) is 0 Å². The summed E-state index contributed by atoms with van der Waals surface area (Å²) in [4.78, 5) is 29.2. The normalized spacial score (nSPS) is 13.7. The van der Waals surface area contributed by atoms with Gasteiger partial charge in [-0.3, -0.25) is 9.78 Å². The number of hydrogen-bond acceptors (Lipinski definition) is 5. The molecule has 0 unspecified atom stereocenters. The molecule has 38 heavy (non-hydrogen) atoms. The molecule has 2 aromatic carbocycles. The van der Waals surface area contributed by atoms with Crippen LogP contribution >= 0.6 is 34.5 Å². The molecular weight excluding hydrogens is 562 g/mol. The summed E-state index contributed by atoms with van der Waals surface area (Å²) in [6.07, 6.45) is 2.93. The number of amides is 1. The van der Waals surface area contributed by atoms with E-state index in [1.54, 1.807) is 23.7 Å². The number of carboxylic acid groups (broad SMARTS) is 1. The summed E-state index contributed by atoms with van der Waals surface area (Å²) < 4.78 is 40.7. The maximum Gasteiger partial charge on any atom is 0.347 e. The Morgan fingerprint density at radius 2 is 1.71 bits per heavy atom. The van der Waals surface area contributed by atoms with Crippen LogP contribution in [0.5, 0.6) is 0 Å². The van der Waals surface area contributed by atoms with Crippen LogP contribution in [-0.2, 0) is 0 Å². The minimum Gasteiger partial charge on any atom is -0.477 e. The third-order valence-electron chi connectivity index (χ3n) is 5.90. The first-order chi connectivity index (χ1) is 18.1. The van der Waals surface area contributed by atoms with E-state index in [1.165, 1.54) is 0 Å². The summed E-state index contributed by atoms with van der Waals surface area (Å²) in [5.41, 5.74) is 1.06. The zero-order valence-corrected chi connectivity index (χ0v) is 21.9. The molecule has 0 atom stereocenters. The number of carbonyl (C=O) groups excluding carboxylic acids is 1. The Morgan fingerprint density at radius 1 is 1.03 bits per heavy atom. The highest BCUT2D eigenvalue weighted by molar-refractivity contribution is 7.12. The predicted molar refractivity (Wildman–Crippen MR) is 142 cm³/mol. The van der Waals surface area contributed by atoms with Gasteiger partial charge < -0.3 is 15.3 Å². The average Bonchev–Trinajstić information content (AvgIpc) is 3.30. The smallest absolute Gasteiger partial charge is 0.347 e. The Morgan fingerprint density at radius 3 is 2.29 bits per heavy atom. The van der Waals surface area contributed by atoms with E-state index in [1.807, 2.05) is 18.2 Å². The van der Waals surface area contributed by atoms with Crippen molar-refractivity contribution in [1.82, 2.24) is 10.3 Å². The second kappa shape index (κ2) is 12.0. The molecule has 2 N–H and O–H groups in total. The fraction of sp³-hybridized carbons (Fsp3) is 0.192. The molecule has 1 saturated heterocycles. The number of pyridine rings is 1. The van der Waals surface area contributed by atoms with Gasteiger partial charge in [-0.15, -0.1) is 11.3 Å². The molecule has 4 aromatic rings. The third kappa shape index (κ3) is 6.38. The SMILES string of the molecule is O=C(NC1CCN(c2ccnc3cc(Cl)ccc23)CC1)c1c(F)cc(F)cc1F.O=C(O)c1sccc1Cl. The number of anilines is 1. The molecule has 0 radical (unpaired) electrons. The summed E-state index contributed by atoms with van der Waals surface area (Å²) in [6.45, 7) is 1.31. The van der Waals surface area contributed by atoms with Crippen LogP contribution in [0.2, 0.25) is 10.0 Å². The van der Waals surface area contributed by atoms with Crippen LogP contribution in [0.4, 0.5) is 18.9 Å². The highest BCUT2D eigenvalue weighted by Crippen LogP contribution is 2.29. The van der Waals surface area contributed by atoms with Crippen molar-refractivity contribution in [2.75, 3.05) is 18.0 Å². The van der Waals surface area contributed by atoms with E-state index in [4.69, 9.17) is 28.3 Å². The van der Waals surface area contributed by atoms with Crippen molar-refractivity contribution < 1.29 is 27.9 Å². The molecule has 1 amide bonds. The van der Waals surface area contributed by atoms with E-state index in [-0.39, 0.29) is 10.9 Å². The number of rotatable bonds is 4. The van der Waals surface area contributed by atoms with Crippen molar-refractivity contribution in [2.24, 2.45) is 0 Å². The van der Waals surface area contributed by atoms with Crippen LogP contribution in [0.15, 0.2) is 54.0 Å². The fourth-order valence-corrected chi connectivity index (χ4v) is 5.25. The Bertz CT molecular complexity index is 1470. The van der Waals surface area contributed by atoms with Crippen LogP contribution in [-0.4, -0.2) is 41.1 Å². The van der Waals surface area contributed by atoms with Crippen molar-refractivity contribution in [3.63, 3.8) is 0 Å². The topological polar surface area (TPSA) is 82.5 Å². The first kappa shape index (κ1) is 27.7. The number of aromatic nitrogens is 1. The summed E-state index contributed by atoms with van der Waals surface area (Å²) in [6, 6.07) is 9.81. The van der Waals surface area contributed by atoms with Gasteiger partial charge in [-0.25, -0.2) is 18.0 Å². The molecule has 1 aliphatic rings. The largest absolute Gasteiger partial charge is 0.477 e. The lowest BCUT2D eigenvalue weighted by molar-refractivity contribution is 0.0702. The molecule has 0 bridgehead atoms. The molecule has 2 aromatic heterocycles. The maximum atomic E-state index is 13.8. The van der Waals surface area contributed by atoms with E-state index in [0.29, 0.717) is 48.1 Å². The van der Waals surface area contributed by atoms with E-state index in [2.05, 4.69) is 15.2 Å². The zero-order chi connectivity index (χ0) is 27.4. The quantitative estimate of drug-likeness (QED) is 0.277. The number of halogens is 5. The Hall–Kier alpha value is -3.34. The van der Waals surface area contributed by atoms with E-state index >= 15 is 0 Å². The molecule has 198 valence electrons. The Balaban J connectivity index is 0.000000317. The van der Waals surface area contributed by atoms with Gasteiger partial charge in [0.1, 0.15) is 27.9 Å². The number of carbonyl (C=O) groups is 2. The molecule has 1 aliphatic heterocycles. The van der Waals surface area contributed by atoms with Crippen molar-refractivity contribution in [1.29, 1.82) is 0 Å². The van der Waals surface area contributed by atoms with Crippen LogP contribution in [0.1, 0.15) is 32.9 Å². The number of benzene rings is 2. The highest BCUT2D eigenvalue weighted by atomic mass is 35.5. The number of fused-ring (bicyclic) bond motifs is 1. The molecule has 0 aliphatic carbocycles. The molecule has 3 heterocycles. The molecule has 0 saturated carbocycles. The lowest BCUT2D eigenvalue weighted by atomic mass is 10.0. The van der Waals surface area contributed by atoms with Gasteiger partial charge in [-0.05, 0) is 48.6 Å². The minimum absolute atomic E-state index is 0.205. The predicted octanol–water partition coefficient (Wildman–Crippen LogP) is 6.80. The van der Waals surface area contributed by atoms with E-state index in [9.17, 15) is 22.8 Å². The van der Waals surface area contributed by atoms with Gasteiger partial charge in [0.05, 0.1) is 10.5 Å². The first-order valence-corrected chi connectivity index (χ1v) is 13.0. The summed E-state index contributed by atoms with van der Waals surface area (Å²) in [5, 5.41) is 14.6. The lowest BCUT2D eigenvalue weighted by Gasteiger charge is -2.34. The number of aromatic carboxylic acids is 1. The fourth-order valence-electron chi connectivity index (χ4n) is 4.11. The van der Waals surface area contributed by atoms with Crippen molar-refractivity contribution in [2.45, 2.75) is 18.9 Å². The van der Waals surface area contributed by atoms with Gasteiger partial charge in [0, 0.05) is 53.6 Å². The molecular formula is C26H20Cl2F3N3O3S. The van der Waals surface area contributed by atoms with Gasteiger partial charge in [0.25, 0.3) is 5.91 Å². The second-order valence-corrected chi connectivity index (χ2v) is 10.1. The number of hydrogen-bond donors (Lipinski definition) is 2. The number of thiophene rings is 1.